The maximum absolute atomic E-state index is 12.9. The maximum Gasteiger partial charge on any atom is 0.268 e. The Labute approximate surface area is 201 Å². The van der Waals surface area contributed by atoms with E-state index in [9.17, 15) is 4.79 Å². The van der Waals surface area contributed by atoms with Crippen molar-refractivity contribution in [3.63, 3.8) is 0 Å². The maximum atomic E-state index is 12.9. The Hall–Kier alpha value is -3.54. The molecule has 2 N–H and O–H groups in total. The molecule has 0 saturated carbocycles. The van der Waals surface area contributed by atoms with E-state index >= 15 is 0 Å². The summed E-state index contributed by atoms with van der Waals surface area (Å²) in [6, 6.07) is 23.3. The highest BCUT2D eigenvalue weighted by Crippen LogP contribution is 2.39. The molecule has 0 fully saturated rings. The van der Waals surface area contributed by atoms with Crippen LogP contribution in [0, 0.1) is 0 Å². The molecule has 5 aromatic rings. The largest absolute Gasteiger partial charge is 0.354 e. The lowest BCUT2D eigenvalue weighted by atomic mass is 10.0. The summed E-state index contributed by atoms with van der Waals surface area (Å²) in [6.45, 7) is 0.569. The monoisotopic (exact) mass is 474 g/mol. The van der Waals surface area contributed by atoms with Crippen LogP contribution in [0.15, 0.2) is 79.1 Å². The number of aromatic amines is 1. The minimum atomic E-state index is -0.212. The summed E-state index contributed by atoms with van der Waals surface area (Å²) in [6.07, 6.45) is 1.81. The van der Waals surface area contributed by atoms with Crippen molar-refractivity contribution in [3.05, 3.63) is 100 Å². The van der Waals surface area contributed by atoms with E-state index in [1.165, 1.54) is 0 Å². The smallest absolute Gasteiger partial charge is 0.268 e. The summed E-state index contributed by atoms with van der Waals surface area (Å²) in [4.78, 5) is 21.0. The fourth-order valence-electron chi connectivity index (χ4n) is 4.07. The minimum Gasteiger partial charge on any atom is -0.354 e. The minimum absolute atomic E-state index is 0.212. The van der Waals surface area contributed by atoms with Crippen LogP contribution >= 0.6 is 23.2 Å². The number of nitrogens with one attached hydrogen (secondary N) is 2. The number of rotatable bonds is 5. The van der Waals surface area contributed by atoms with Gasteiger partial charge in [0.15, 0.2) is 0 Å². The molecule has 33 heavy (non-hydrogen) atoms. The lowest BCUT2D eigenvalue weighted by Crippen LogP contribution is -2.19. The Morgan fingerprint density at radius 3 is 2.45 bits per heavy atom. The number of carbonyl (C=O) groups is 1. The number of aromatic nitrogens is 3. The van der Waals surface area contributed by atoms with Gasteiger partial charge in [-0.05, 0) is 29.8 Å². The second-order valence-corrected chi connectivity index (χ2v) is 8.58. The lowest BCUT2D eigenvalue weighted by molar-refractivity contribution is 0.0959. The average molecular weight is 475 g/mol. The van der Waals surface area contributed by atoms with Crippen molar-refractivity contribution in [3.8, 4) is 22.5 Å². The quantitative estimate of drug-likeness (QED) is 0.309. The fourth-order valence-corrected chi connectivity index (χ4v) is 4.37. The van der Waals surface area contributed by atoms with Crippen molar-refractivity contribution in [1.82, 2.24) is 19.9 Å². The van der Waals surface area contributed by atoms with Crippen LogP contribution in [0.1, 0.15) is 16.1 Å². The number of benzene rings is 3. The van der Waals surface area contributed by atoms with E-state index in [4.69, 9.17) is 28.2 Å². The van der Waals surface area contributed by atoms with Gasteiger partial charge in [0.1, 0.15) is 5.69 Å². The number of amides is 1. The number of fused-ring (bicyclic) bond motifs is 1. The normalized spacial score (nSPS) is 11.1. The van der Waals surface area contributed by atoms with Gasteiger partial charge in [-0.3, -0.25) is 4.79 Å². The van der Waals surface area contributed by atoms with Crippen molar-refractivity contribution in [2.24, 2.45) is 0 Å². The second kappa shape index (κ2) is 8.77. The molecular formula is C26H20Cl2N4O. The topological polar surface area (TPSA) is 62.7 Å². The van der Waals surface area contributed by atoms with E-state index < -0.39 is 0 Å². The molecule has 0 bridgehead atoms. The molecule has 0 aliphatic rings. The molecule has 0 aliphatic carbocycles. The van der Waals surface area contributed by atoms with Crippen LogP contribution < -0.4 is 5.32 Å². The predicted molar refractivity (Wildman–Crippen MR) is 134 cm³/mol. The molecular weight excluding hydrogens is 455 g/mol. The summed E-state index contributed by atoms with van der Waals surface area (Å²) in [5.41, 5.74) is 5.72. The van der Waals surface area contributed by atoms with Crippen molar-refractivity contribution in [1.29, 1.82) is 0 Å². The molecule has 5 nitrogen and oxygen atoms in total. The van der Waals surface area contributed by atoms with E-state index in [-0.39, 0.29) is 5.91 Å². The fraction of sp³-hybridized carbons (Fsp3) is 0.0769. The lowest BCUT2D eigenvalue weighted by Gasteiger charge is -2.12. The van der Waals surface area contributed by atoms with Crippen LogP contribution in [-0.4, -0.2) is 27.5 Å². The first kappa shape index (κ1) is 21.3. The molecule has 7 heteroatoms. The van der Waals surface area contributed by atoms with Crippen molar-refractivity contribution >= 4 is 40.0 Å². The average Bonchev–Trinajstić information content (AvgIpc) is 3.41. The van der Waals surface area contributed by atoms with Crippen LogP contribution in [0.5, 0.6) is 0 Å². The first-order chi connectivity index (χ1) is 16.0. The zero-order chi connectivity index (χ0) is 22.9. The summed E-state index contributed by atoms with van der Waals surface area (Å²) in [7, 11) is 1.62. The van der Waals surface area contributed by atoms with Crippen LogP contribution in [0.2, 0.25) is 10.0 Å². The van der Waals surface area contributed by atoms with Gasteiger partial charge in [0, 0.05) is 45.7 Å². The van der Waals surface area contributed by atoms with Crippen LogP contribution in [0.4, 0.5) is 0 Å². The van der Waals surface area contributed by atoms with Gasteiger partial charge in [-0.25, -0.2) is 4.98 Å². The van der Waals surface area contributed by atoms with E-state index in [1.807, 2.05) is 79.1 Å². The Morgan fingerprint density at radius 2 is 1.73 bits per heavy atom. The molecule has 2 heterocycles. The summed E-state index contributed by atoms with van der Waals surface area (Å²) in [5.74, 6) is -0.212. The third-order valence-corrected chi connectivity index (χ3v) is 6.09. The molecule has 0 aliphatic heterocycles. The SMILES string of the molecule is CNC(=O)c1[nH]c2cc(Cl)ccc2c1-c1c(-c2ccccc2)ncn1Cc1ccc(Cl)cc1. The van der Waals surface area contributed by atoms with Gasteiger partial charge >= 0.3 is 0 Å². The standard InChI is InChI=1S/C26H20Cl2N4O/c1-29-26(33)24-22(20-12-11-19(28)13-21(20)31-24)25-23(17-5-3-2-4-6-17)30-15-32(25)14-16-7-9-18(27)10-8-16/h2-13,15,31H,14H2,1H3,(H,29,33). The van der Waals surface area contributed by atoms with Gasteiger partial charge in [0.25, 0.3) is 5.91 Å². The number of nitrogens with zero attached hydrogens (tertiary/aromatic N) is 2. The van der Waals surface area contributed by atoms with Crippen molar-refractivity contribution in [2.45, 2.75) is 6.54 Å². The van der Waals surface area contributed by atoms with Gasteiger partial charge < -0.3 is 14.9 Å². The van der Waals surface area contributed by atoms with Crippen molar-refractivity contribution in [2.75, 3.05) is 7.05 Å². The summed E-state index contributed by atoms with van der Waals surface area (Å²) >= 11 is 12.3. The second-order valence-electron chi connectivity index (χ2n) is 7.71. The van der Waals surface area contributed by atoms with Gasteiger partial charge in [-0.15, -0.1) is 0 Å². The highest BCUT2D eigenvalue weighted by molar-refractivity contribution is 6.31. The Kier molecular flexibility index (Phi) is 5.67. The van der Waals surface area contributed by atoms with E-state index in [2.05, 4.69) is 14.9 Å². The number of carbonyl (C=O) groups excluding carboxylic acids is 1. The molecule has 1 amide bonds. The van der Waals surface area contributed by atoms with Crippen LogP contribution in [0.3, 0.4) is 0 Å². The number of hydrogen-bond acceptors (Lipinski definition) is 2. The Morgan fingerprint density at radius 1 is 1.00 bits per heavy atom. The third kappa shape index (κ3) is 4.01. The predicted octanol–water partition coefficient (Wildman–Crippen LogP) is 6.41. The molecule has 0 saturated heterocycles. The Bertz CT molecular complexity index is 1450. The number of halogens is 2. The first-order valence-corrected chi connectivity index (χ1v) is 11.2. The van der Waals surface area contributed by atoms with Gasteiger partial charge in [-0.2, -0.15) is 0 Å². The number of imidazole rings is 1. The molecule has 5 rings (SSSR count). The van der Waals surface area contributed by atoms with E-state index in [1.54, 1.807) is 7.05 Å². The molecule has 0 unspecified atom stereocenters. The molecule has 164 valence electrons. The molecule has 2 aromatic heterocycles. The molecule has 0 spiro atoms. The zero-order valence-corrected chi connectivity index (χ0v) is 19.3. The van der Waals surface area contributed by atoms with Gasteiger partial charge in [0.05, 0.1) is 17.7 Å². The molecule has 0 radical (unpaired) electrons. The summed E-state index contributed by atoms with van der Waals surface area (Å²) in [5, 5.41) is 4.92. The Balaban J connectivity index is 1.79. The first-order valence-electron chi connectivity index (χ1n) is 10.4. The summed E-state index contributed by atoms with van der Waals surface area (Å²) < 4.78 is 2.06. The van der Waals surface area contributed by atoms with Crippen LogP contribution in [-0.2, 0) is 6.54 Å². The van der Waals surface area contributed by atoms with E-state index in [0.717, 1.165) is 39.0 Å². The third-order valence-electron chi connectivity index (χ3n) is 5.60. The van der Waals surface area contributed by atoms with Gasteiger partial charge in [-0.1, -0.05) is 71.7 Å². The van der Waals surface area contributed by atoms with Crippen molar-refractivity contribution < 1.29 is 4.79 Å². The zero-order valence-electron chi connectivity index (χ0n) is 17.8. The highest BCUT2D eigenvalue weighted by atomic mass is 35.5. The molecule has 0 atom stereocenters. The van der Waals surface area contributed by atoms with Crippen LogP contribution in [0.25, 0.3) is 33.4 Å². The van der Waals surface area contributed by atoms with E-state index in [0.29, 0.717) is 22.3 Å². The highest BCUT2D eigenvalue weighted by Gasteiger charge is 2.25. The number of hydrogen-bond donors (Lipinski definition) is 2. The van der Waals surface area contributed by atoms with Gasteiger partial charge in [0.2, 0.25) is 0 Å². The number of H-pyrrole nitrogens is 1. The molecule has 3 aromatic carbocycles.